The van der Waals surface area contributed by atoms with Crippen molar-refractivity contribution < 1.29 is 14.3 Å². The Kier molecular flexibility index (Phi) is 5.83. The van der Waals surface area contributed by atoms with Crippen molar-refractivity contribution in [3.05, 3.63) is 28.8 Å². The van der Waals surface area contributed by atoms with Crippen LogP contribution >= 0.6 is 11.6 Å². The van der Waals surface area contributed by atoms with E-state index in [1.54, 1.807) is 6.07 Å². The van der Waals surface area contributed by atoms with Gasteiger partial charge in [0.15, 0.2) is 8.32 Å². The molecule has 1 unspecified atom stereocenters. The van der Waals surface area contributed by atoms with E-state index < -0.39 is 14.4 Å². The lowest BCUT2D eigenvalue weighted by atomic mass is 10.1. The molecule has 1 atom stereocenters. The smallest absolute Gasteiger partial charge is 0.191 e. The van der Waals surface area contributed by atoms with E-state index >= 15 is 0 Å². The molecular weight excluding hydrogens is 328 g/mol. The Morgan fingerprint density at radius 1 is 1.30 bits per heavy atom. The van der Waals surface area contributed by atoms with Crippen molar-refractivity contribution in [2.75, 3.05) is 6.61 Å². The van der Waals surface area contributed by atoms with Crippen molar-refractivity contribution in [1.82, 2.24) is 0 Å². The van der Waals surface area contributed by atoms with Gasteiger partial charge in [-0.2, -0.15) is 0 Å². The van der Waals surface area contributed by atoms with Gasteiger partial charge >= 0.3 is 0 Å². The second-order valence-corrected chi connectivity index (χ2v) is 13.1. The SMILES string of the molecule is CC(C)(C)[Si](C)(C)OCCC(O)c1ccc(OC2CC2)c(Cl)c1. The maximum Gasteiger partial charge on any atom is 0.191 e. The van der Waals surface area contributed by atoms with E-state index in [-0.39, 0.29) is 5.04 Å². The number of benzene rings is 1. The molecule has 1 saturated carbocycles. The highest BCUT2D eigenvalue weighted by Crippen LogP contribution is 2.37. The topological polar surface area (TPSA) is 38.7 Å². The second-order valence-electron chi connectivity index (χ2n) is 7.92. The van der Waals surface area contributed by atoms with Crippen LogP contribution in [0.1, 0.15) is 51.7 Å². The van der Waals surface area contributed by atoms with Crippen LogP contribution < -0.4 is 4.74 Å². The number of rotatable bonds is 7. The van der Waals surface area contributed by atoms with E-state index in [0.29, 0.717) is 29.9 Å². The lowest BCUT2D eigenvalue weighted by Gasteiger charge is -2.36. The van der Waals surface area contributed by atoms with Crippen molar-refractivity contribution in [1.29, 1.82) is 0 Å². The Morgan fingerprint density at radius 3 is 2.48 bits per heavy atom. The summed E-state index contributed by atoms with van der Waals surface area (Å²) < 4.78 is 11.8. The maximum absolute atomic E-state index is 10.4. The van der Waals surface area contributed by atoms with Crippen LogP contribution in [0.5, 0.6) is 5.75 Å². The van der Waals surface area contributed by atoms with E-state index in [9.17, 15) is 5.11 Å². The molecule has 0 saturated heterocycles. The molecule has 1 aromatic carbocycles. The monoisotopic (exact) mass is 356 g/mol. The van der Waals surface area contributed by atoms with Gasteiger partial charge in [-0.3, -0.25) is 0 Å². The Bertz CT molecular complexity index is 536. The number of halogens is 1. The minimum absolute atomic E-state index is 0.184. The average molecular weight is 357 g/mol. The van der Waals surface area contributed by atoms with Gasteiger partial charge in [0.1, 0.15) is 5.75 Å². The quantitative estimate of drug-likeness (QED) is 0.671. The summed E-state index contributed by atoms with van der Waals surface area (Å²) in [6.07, 6.45) is 2.54. The molecule has 0 aromatic heterocycles. The van der Waals surface area contributed by atoms with Gasteiger partial charge in [0.2, 0.25) is 0 Å². The van der Waals surface area contributed by atoms with Gasteiger partial charge in [-0.05, 0) is 55.1 Å². The van der Waals surface area contributed by atoms with Crippen molar-refractivity contribution in [2.45, 2.75) is 70.4 Å². The number of hydrogen-bond donors (Lipinski definition) is 1. The summed E-state index contributed by atoms with van der Waals surface area (Å²) in [5.74, 6) is 0.711. The predicted octanol–water partition coefficient (Wildman–Crippen LogP) is 5.33. The number of aliphatic hydroxyl groups is 1. The lowest BCUT2D eigenvalue weighted by Crippen LogP contribution is -2.41. The van der Waals surface area contributed by atoms with E-state index in [1.807, 2.05) is 12.1 Å². The minimum atomic E-state index is -1.76. The zero-order chi connectivity index (χ0) is 17.3. The molecule has 0 radical (unpaired) electrons. The van der Waals surface area contributed by atoms with Gasteiger partial charge in [0.05, 0.1) is 17.2 Å². The fraction of sp³-hybridized carbons (Fsp3) is 0.667. The average Bonchev–Trinajstić information content (AvgIpc) is 3.23. The number of hydrogen-bond acceptors (Lipinski definition) is 3. The molecule has 2 rings (SSSR count). The molecule has 23 heavy (non-hydrogen) atoms. The Labute approximate surface area is 146 Å². The Balaban J connectivity index is 1.88. The van der Waals surface area contributed by atoms with Gasteiger partial charge in [-0.1, -0.05) is 38.4 Å². The zero-order valence-electron chi connectivity index (χ0n) is 14.9. The first-order valence-corrected chi connectivity index (χ1v) is 11.7. The van der Waals surface area contributed by atoms with Crippen LogP contribution in [-0.4, -0.2) is 26.1 Å². The van der Waals surface area contributed by atoms with Crippen molar-refractivity contribution in [2.24, 2.45) is 0 Å². The van der Waals surface area contributed by atoms with Crippen LogP contribution in [-0.2, 0) is 4.43 Å². The summed E-state index contributed by atoms with van der Waals surface area (Å²) in [5, 5.41) is 11.1. The van der Waals surface area contributed by atoms with E-state index in [2.05, 4.69) is 33.9 Å². The van der Waals surface area contributed by atoms with Gasteiger partial charge in [-0.25, -0.2) is 0 Å². The van der Waals surface area contributed by atoms with Crippen LogP contribution in [0.2, 0.25) is 23.2 Å². The van der Waals surface area contributed by atoms with Crippen LogP contribution in [0.3, 0.4) is 0 Å². The number of ether oxygens (including phenoxy) is 1. The van der Waals surface area contributed by atoms with E-state index in [4.69, 9.17) is 20.8 Å². The molecule has 1 aliphatic rings. The molecular formula is C18H29ClO3Si. The van der Waals surface area contributed by atoms with Crippen molar-refractivity contribution >= 4 is 19.9 Å². The van der Waals surface area contributed by atoms with Crippen LogP contribution in [0.4, 0.5) is 0 Å². The molecule has 5 heteroatoms. The maximum atomic E-state index is 10.4. The van der Waals surface area contributed by atoms with Gasteiger partial charge in [0.25, 0.3) is 0 Å². The molecule has 0 heterocycles. The van der Waals surface area contributed by atoms with Gasteiger partial charge < -0.3 is 14.3 Å². The molecule has 1 aliphatic carbocycles. The van der Waals surface area contributed by atoms with E-state index in [1.165, 1.54) is 0 Å². The molecule has 0 spiro atoms. The fourth-order valence-corrected chi connectivity index (χ4v) is 3.29. The standard InChI is InChI=1S/C18H29ClO3Si/c1-18(2,3)23(4,5)21-11-10-16(20)13-6-9-17(15(19)12-13)22-14-7-8-14/h6,9,12,14,16,20H,7-8,10-11H2,1-5H3. The third-order valence-electron chi connectivity index (χ3n) is 4.82. The first-order valence-electron chi connectivity index (χ1n) is 8.38. The first-order chi connectivity index (χ1) is 10.6. The molecule has 1 aromatic rings. The summed E-state index contributed by atoms with van der Waals surface area (Å²) in [6, 6.07) is 5.55. The highest BCUT2D eigenvalue weighted by atomic mass is 35.5. The highest BCUT2D eigenvalue weighted by molar-refractivity contribution is 6.74. The summed E-state index contributed by atoms with van der Waals surface area (Å²) in [4.78, 5) is 0. The third-order valence-corrected chi connectivity index (χ3v) is 9.65. The Hall–Kier alpha value is -0.553. The highest BCUT2D eigenvalue weighted by Gasteiger charge is 2.37. The van der Waals surface area contributed by atoms with Crippen LogP contribution in [0.25, 0.3) is 0 Å². The summed E-state index contributed by atoms with van der Waals surface area (Å²) in [6.45, 7) is 11.7. The largest absolute Gasteiger partial charge is 0.489 e. The summed E-state index contributed by atoms with van der Waals surface area (Å²) in [7, 11) is -1.76. The predicted molar refractivity (Wildman–Crippen MR) is 97.8 cm³/mol. The van der Waals surface area contributed by atoms with Gasteiger partial charge in [-0.15, -0.1) is 0 Å². The molecule has 0 amide bonds. The molecule has 0 bridgehead atoms. The molecule has 1 N–H and O–H groups in total. The van der Waals surface area contributed by atoms with Crippen LogP contribution in [0, 0.1) is 0 Å². The fourth-order valence-electron chi connectivity index (χ4n) is 1.99. The van der Waals surface area contributed by atoms with Crippen LogP contribution in [0.15, 0.2) is 18.2 Å². The zero-order valence-corrected chi connectivity index (χ0v) is 16.6. The second kappa shape index (κ2) is 7.14. The first kappa shape index (κ1) is 18.8. The third kappa shape index (κ3) is 5.21. The van der Waals surface area contributed by atoms with E-state index in [0.717, 1.165) is 18.4 Å². The normalized spacial score (nSPS) is 17.2. The van der Waals surface area contributed by atoms with Crippen molar-refractivity contribution in [3.8, 4) is 5.75 Å². The van der Waals surface area contributed by atoms with Crippen molar-refractivity contribution in [3.63, 3.8) is 0 Å². The summed E-state index contributed by atoms with van der Waals surface area (Å²) >= 11 is 6.25. The Morgan fingerprint density at radius 2 is 1.96 bits per heavy atom. The summed E-state index contributed by atoms with van der Waals surface area (Å²) in [5.41, 5.74) is 0.817. The number of aliphatic hydroxyl groups excluding tert-OH is 1. The molecule has 0 aliphatic heterocycles. The minimum Gasteiger partial charge on any atom is -0.489 e. The molecule has 3 nitrogen and oxygen atoms in total. The molecule has 130 valence electrons. The lowest BCUT2D eigenvalue weighted by molar-refractivity contribution is 0.136. The van der Waals surface area contributed by atoms with Gasteiger partial charge in [0, 0.05) is 6.61 Å². The molecule has 1 fully saturated rings.